The molecule has 0 aliphatic rings. The lowest BCUT2D eigenvalue weighted by atomic mass is 10.2. The van der Waals surface area contributed by atoms with Crippen LogP contribution < -0.4 is 10.1 Å². The van der Waals surface area contributed by atoms with Crippen LogP contribution in [0.1, 0.15) is 10.5 Å². The van der Waals surface area contributed by atoms with E-state index in [1.54, 1.807) is 31.4 Å². The topological polar surface area (TPSA) is 51.2 Å². The Kier molecular flexibility index (Phi) is 4.71. The van der Waals surface area contributed by atoms with Crippen molar-refractivity contribution in [2.45, 2.75) is 0 Å². The normalized spacial score (nSPS) is 10.6. The molecule has 128 valence electrons. The van der Waals surface area contributed by atoms with E-state index in [0.29, 0.717) is 10.8 Å². The van der Waals surface area contributed by atoms with Crippen LogP contribution in [0.15, 0.2) is 41.8 Å². The fourth-order valence-electron chi connectivity index (χ4n) is 2.05. The summed E-state index contributed by atoms with van der Waals surface area (Å²) >= 11 is 1.22. The van der Waals surface area contributed by atoms with Crippen molar-refractivity contribution in [1.82, 2.24) is 4.98 Å². The van der Waals surface area contributed by atoms with Gasteiger partial charge in [-0.25, -0.2) is 18.2 Å². The van der Waals surface area contributed by atoms with Gasteiger partial charge in [-0.05, 0) is 36.4 Å². The number of anilines is 1. The van der Waals surface area contributed by atoms with Gasteiger partial charge in [0, 0.05) is 10.9 Å². The van der Waals surface area contributed by atoms with Gasteiger partial charge in [0.25, 0.3) is 5.91 Å². The molecule has 0 saturated heterocycles. The maximum Gasteiger partial charge on any atom is 0.275 e. The molecule has 0 aliphatic carbocycles. The van der Waals surface area contributed by atoms with Crippen LogP contribution in [-0.4, -0.2) is 18.0 Å². The van der Waals surface area contributed by atoms with Crippen LogP contribution in [-0.2, 0) is 0 Å². The molecule has 4 nitrogen and oxygen atoms in total. The van der Waals surface area contributed by atoms with Gasteiger partial charge >= 0.3 is 0 Å². The number of amides is 1. The smallest absolute Gasteiger partial charge is 0.275 e. The number of methoxy groups -OCH3 is 1. The number of rotatable bonds is 4. The molecule has 1 aromatic heterocycles. The van der Waals surface area contributed by atoms with E-state index in [0.717, 1.165) is 17.7 Å². The molecule has 1 amide bonds. The number of halogens is 3. The summed E-state index contributed by atoms with van der Waals surface area (Å²) in [5.41, 5.74) is 0.367. The molecule has 1 N–H and O–H groups in total. The minimum absolute atomic E-state index is 0.0416. The molecular weight excluding hydrogens is 353 g/mol. The molecule has 0 aliphatic heterocycles. The summed E-state index contributed by atoms with van der Waals surface area (Å²) in [7, 11) is 1.55. The Morgan fingerprint density at radius 1 is 1.08 bits per heavy atom. The Morgan fingerprint density at radius 2 is 1.80 bits per heavy atom. The SMILES string of the molecule is COc1ccc(-c2nc(C(=O)Nc3ccc(F)c(F)c3F)cs2)cc1. The summed E-state index contributed by atoms with van der Waals surface area (Å²) in [4.78, 5) is 16.3. The average molecular weight is 364 g/mol. The van der Waals surface area contributed by atoms with Gasteiger partial charge in [0.05, 0.1) is 12.8 Å². The molecule has 3 aromatic rings. The number of aromatic nitrogens is 1. The number of nitrogens with zero attached hydrogens (tertiary/aromatic N) is 1. The van der Waals surface area contributed by atoms with Crippen molar-refractivity contribution in [3.8, 4) is 16.3 Å². The first-order valence-electron chi connectivity index (χ1n) is 7.04. The maximum atomic E-state index is 13.6. The number of nitrogens with one attached hydrogen (secondary N) is 1. The Bertz CT molecular complexity index is 926. The van der Waals surface area contributed by atoms with Gasteiger partial charge in [-0.15, -0.1) is 11.3 Å². The van der Waals surface area contributed by atoms with Gasteiger partial charge < -0.3 is 10.1 Å². The zero-order chi connectivity index (χ0) is 18.0. The lowest BCUT2D eigenvalue weighted by molar-refractivity contribution is 0.102. The largest absolute Gasteiger partial charge is 0.497 e. The van der Waals surface area contributed by atoms with Crippen molar-refractivity contribution in [2.24, 2.45) is 0 Å². The third kappa shape index (κ3) is 3.48. The van der Waals surface area contributed by atoms with Crippen molar-refractivity contribution < 1.29 is 22.7 Å². The highest BCUT2D eigenvalue weighted by atomic mass is 32.1. The van der Waals surface area contributed by atoms with Crippen molar-refractivity contribution >= 4 is 22.9 Å². The number of hydrogen-bond donors (Lipinski definition) is 1. The highest BCUT2D eigenvalue weighted by Gasteiger charge is 2.18. The summed E-state index contributed by atoms with van der Waals surface area (Å²) in [6, 6.07) is 8.77. The summed E-state index contributed by atoms with van der Waals surface area (Å²) in [6.45, 7) is 0. The van der Waals surface area contributed by atoms with Gasteiger partial charge in [-0.1, -0.05) is 0 Å². The fourth-order valence-corrected chi connectivity index (χ4v) is 2.86. The van der Waals surface area contributed by atoms with E-state index < -0.39 is 29.0 Å². The third-order valence-corrected chi connectivity index (χ3v) is 4.25. The van der Waals surface area contributed by atoms with Gasteiger partial charge in [0.1, 0.15) is 16.5 Å². The van der Waals surface area contributed by atoms with Gasteiger partial charge in [-0.2, -0.15) is 0 Å². The summed E-state index contributed by atoms with van der Waals surface area (Å²) in [6.07, 6.45) is 0. The molecule has 0 unspecified atom stereocenters. The van der Waals surface area contributed by atoms with Crippen LogP contribution in [0.2, 0.25) is 0 Å². The molecule has 0 fully saturated rings. The highest BCUT2D eigenvalue weighted by molar-refractivity contribution is 7.13. The molecule has 8 heteroatoms. The first-order valence-corrected chi connectivity index (χ1v) is 7.92. The summed E-state index contributed by atoms with van der Waals surface area (Å²) in [5.74, 6) is -4.46. The molecule has 0 saturated carbocycles. The van der Waals surface area contributed by atoms with E-state index in [9.17, 15) is 18.0 Å². The van der Waals surface area contributed by atoms with Gasteiger partial charge in [0.2, 0.25) is 0 Å². The predicted octanol–water partition coefficient (Wildman–Crippen LogP) is 4.49. The van der Waals surface area contributed by atoms with E-state index in [-0.39, 0.29) is 5.69 Å². The summed E-state index contributed by atoms with van der Waals surface area (Å²) < 4.78 is 44.8. The minimum atomic E-state index is -1.64. The number of carbonyl (C=O) groups is 1. The Labute approximate surface area is 144 Å². The maximum absolute atomic E-state index is 13.6. The Morgan fingerprint density at radius 3 is 2.48 bits per heavy atom. The molecule has 2 aromatic carbocycles. The van der Waals surface area contributed by atoms with Crippen molar-refractivity contribution in [1.29, 1.82) is 0 Å². The zero-order valence-corrected chi connectivity index (χ0v) is 13.7. The minimum Gasteiger partial charge on any atom is -0.497 e. The summed E-state index contributed by atoms with van der Waals surface area (Å²) in [5, 5.41) is 4.26. The molecule has 0 bridgehead atoms. The molecule has 1 heterocycles. The van der Waals surface area contributed by atoms with Crippen LogP contribution in [0.4, 0.5) is 18.9 Å². The lowest BCUT2D eigenvalue weighted by Crippen LogP contribution is -2.14. The zero-order valence-electron chi connectivity index (χ0n) is 12.8. The molecule has 0 radical (unpaired) electrons. The van der Waals surface area contributed by atoms with Crippen LogP contribution in [0, 0.1) is 17.5 Å². The second-order valence-electron chi connectivity index (χ2n) is 4.94. The monoisotopic (exact) mass is 364 g/mol. The van der Waals surface area contributed by atoms with Crippen LogP contribution in [0.5, 0.6) is 5.75 Å². The van der Waals surface area contributed by atoms with Crippen LogP contribution in [0.25, 0.3) is 10.6 Å². The molecule has 0 atom stereocenters. The fraction of sp³-hybridized carbons (Fsp3) is 0.0588. The van der Waals surface area contributed by atoms with E-state index in [4.69, 9.17) is 4.74 Å². The number of ether oxygens (including phenoxy) is 1. The van der Waals surface area contributed by atoms with Crippen LogP contribution >= 0.6 is 11.3 Å². The number of benzene rings is 2. The lowest BCUT2D eigenvalue weighted by Gasteiger charge is -2.05. The van der Waals surface area contributed by atoms with Crippen molar-refractivity contribution in [2.75, 3.05) is 12.4 Å². The first kappa shape index (κ1) is 17.0. The predicted molar refractivity (Wildman–Crippen MR) is 88.4 cm³/mol. The second kappa shape index (κ2) is 6.94. The van der Waals surface area contributed by atoms with Gasteiger partial charge in [-0.3, -0.25) is 4.79 Å². The molecule has 25 heavy (non-hydrogen) atoms. The van der Waals surface area contributed by atoms with E-state index >= 15 is 0 Å². The number of thiazole rings is 1. The average Bonchev–Trinajstić information content (AvgIpc) is 3.12. The third-order valence-electron chi connectivity index (χ3n) is 3.36. The van der Waals surface area contributed by atoms with E-state index in [1.165, 1.54) is 16.7 Å². The van der Waals surface area contributed by atoms with Crippen LogP contribution in [0.3, 0.4) is 0 Å². The second-order valence-corrected chi connectivity index (χ2v) is 5.80. The Hall–Kier alpha value is -2.87. The standard InChI is InChI=1S/C17H11F3N2O2S/c1-24-10-4-2-9(3-5-10)17-22-13(8-25-17)16(23)21-12-7-6-11(18)14(19)15(12)20/h2-8H,1H3,(H,21,23). The Balaban J connectivity index is 1.80. The highest BCUT2D eigenvalue weighted by Crippen LogP contribution is 2.26. The quantitative estimate of drug-likeness (QED) is 0.694. The number of carbonyl (C=O) groups excluding carboxylic acids is 1. The first-order chi connectivity index (χ1) is 12.0. The van der Waals surface area contributed by atoms with Gasteiger partial charge in [0.15, 0.2) is 17.5 Å². The van der Waals surface area contributed by atoms with Crippen molar-refractivity contribution in [3.63, 3.8) is 0 Å². The molecule has 3 rings (SSSR count). The molecule has 0 spiro atoms. The van der Waals surface area contributed by atoms with Crippen molar-refractivity contribution in [3.05, 3.63) is 64.9 Å². The van der Waals surface area contributed by atoms with E-state index in [2.05, 4.69) is 10.3 Å². The number of hydrogen-bond acceptors (Lipinski definition) is 4. The molecular formula is C17H11F3N2O2S. The van der Waals surface area contributed by atoms with E-state index in [1.807, 2.05) is 0 Å².